The molecule has 1 aromatic rings. The lowest BCUT2D eigenvalue weighted by Gasteiger charge is -2.18. The number of hydrogen-bond acceptors (Lipinski definition) is 4. The molecule has 0 saturated carbocycles. The average molecular weight is 251 g/mol. The molecule has 1 fully saturated rings. The summed E-state index contributed by atoms with van der Waals surface area (Å²) < 4.78 is 5.56. The minimum absolute atomic E-state index is 0.311. The van der Waals surface area contributed by atoms with Crippen molar-refractivity contribution in [3.8, 4) is 0 Å². The first-order valence-corrected chi connectivity index (χ1v) is 6.24. The molecular weight excluding hydrogens is 230 g/mol. The van der Waals surface area contributed by atoms with Gasteiger partial charge in [-0.2, -0.15) is 0 Å². The topological polar surface area (TPSA) is 71.5 Å². The molecule has 18 heavy (non-hydrogen) atoms. The fourth-order valence-corrected chi connectivity index (χ4v) is 2.50. The predicted molar refractivity (Wildman–Crippen MR) is 68.8 cm³/mol. The number of nitrogens with two attached hydrogens (primary N) is 1. The molecule has 1 aliphatic rings. The first kappa shape index (κ1) is 13.1. The number of aryl methyl sites for hydroxylation is 1. The number of carbonyl (C=O) groups excluding carboxylic acids is 1. The lowest BCUT2D eigenvalue weighted by molar-refractivity contribution is 0.0921. The molecule has 0 bridgehead atoms. The van der Waals surface area contributed by atoms with Gasteiger partial charge >= 0.3 is 5.91 Å². The van der Waals surface area contributed by atoms with Crippen molar-refractivity contribution in [3.05, 3.63) is 23.2 Å². The lowest BCUT2D eigenvalue weighted by atomic mass is 9.93. The largest absolute Gasteiger partial charge is 0.454 e. The molecule has 1 aliphatic heterocycles. The Morgan fingerprint density at radius 2 is 2.33 bits per heavy atom. The van der Waals surface area contributed by atoms with Gasteiger partial charge < -0.3 is 4.42 Å². The van der Waals surface area contributed by atoms with Crippen LogP contribution in [0.15, 0.2) is 10.5 Å². The van der Waals surface area contributed by atoms with Gasteiger partial charge in [-0.25, -0.2) is 5.84 Å². The smallest absolute Gasteiger partial charge is 0.301 e. The first-order valence-electron chi connectivity index (χ1n) is 6.24. The van der Waals surface area contributed by atoms with E-state index in [1.54, 1.807) is 0 Å². The standard InChI is InChI=1S/C13H21N3O2/c1-9-6-10(18-11(9)12(17)15-14)7-16-5-4-13(2,3)8-16/h6H,4-5,7-8,14H2,1-3H3,(H,15,17). The van der Waals surface area contributed by atoms with Crippen molar-refractivity contribution >= 4 is 5.91 Å². The van der Waals surface area contributed by atoms with Gasteiger partial charge in [-0.05, 0) is 31.4 Å². The monoisotopic (exact) mass is 251 g/mol. The van der Waals surface area contributed by atoms with E-state index in [1.807, 2.05) is 13.0 Å². The Bertz CT molecular complexity index is 451. The van der Waals surface area contributed by atoms with Crippen molar-refractivity contribution in [2.45, 2.75) is 33.7 Å². The van der Waals surface area contributed by atoms with Gasteiger partial charge in [0, 0.05) is 12.1 Å². The number of hydrazine groups is 1. The highest BCUT2D eigenvalue weighted by molar-refractivity contribution is 5.92. The van der Waals surface area contributed by atoms with E-state index in [4.69, 9.17) is 10.3 Å². The molecule has 5 nitrogen and oxygen atoms in total. The Hall–Kier alpha value is -1.33. The summed E-state index contributed by atoms with van der Waals surface area (Å²) in [6, 6.07) is 1.91. The molecule has 1 amide bonds. The third-order valence-corrected chi connectivity index (χ3v) is 3.44. The van der Waals surface area contributed by atoms with Gasteiger partial charge in [0.15, 0.2) is 5.76 Å². The summed E-state index contributed by atoms with van der Waals surface area (Å²) in [5.41, 5.74) is 3.30. The minimum Gasteiger partial charge on any atom is -0.454 e. The number of furan rings is 1. The molecular formula is C13H21N3O2. The maximum absolute atomic E-state index is 11.4. The van der Waals surface area contributed by atoms with E-state index in [0.29, 0.717) is 11.2 Å². The van der Waals surface area contributed by atoms with E-state index in [0.717, 1.165) is 31.0 Å². The minimum atomic E-state index is -0.375. The molecule has 0 spiro atoms. The summed E-state index contributed by atoms with van der Waals surface area (Å²) in [4.78, 5) is 13.8. The molecule has 0 aromatic carbocycles. The second-order valence-electron chi connectivity index (χ2n) is 5.82. The number of amides is 1. The summed E-state index contributed by atoms with van der Waals surface area (Å²) in [6.07, 6.45) is 1.20. The van der Waals surface area contributed by atoms with E-state index in [2.05, 4.69) is 24.2 Å². The van der Waals surface area contributed by atoms with Crippen LogP contribution < -0.4 is 11.3 Å². The Morgan fingerprint density at radius 3 is 2.89 bits per heavy atom. The van der Waals surface area contributed by atoms with Gasteiger partial charge in [0.05, 0.1) is 6.54 Å². The Balaban J connectivity index is 2.05. The van der Waals surface area contributed by atoms with Crippen LogP contribution in [0.2, 0.25) is 0 Å². The van der Waals surface area contributed by atoms with Crippen molar-refractivity contribution in [1.29, 1.82) is 0 Å². The van der Waals surface area contributed by atoms with E-state index in [9.17, 15) is 4.79 Å². The quantitative estimate of drug-likeness (QED) is 0.484. The zero-order chi connectivity index (χ0) is 13.3. The Labute approximate surface area is 107 Å². The van der Waals surface area contributed by atoms with Gasteiger partial charge in [-0.1, -0.05) is 13.8 Å². The van der Waals surface area contributed by atoms with Gasteiger partial charge in [-0.3, -0.25) is 15.1 Å². The average Bonchev–Trinajstić information content (AvgIpc) is 2.81. The van der Waals surface area contributed by atoms with E-state index >= 15 is 0 Å². The number of hydrogen-bond donors (Lipinski definition) is 2. The van der Waals surface area contributed by atoms with Crippen LogP contribution in [0.3, 0.4) is 0 Å². The summed E-state index contributed by atoms with van der Waals surface area (Å²) in [5, 5.41) is 0. The van der Waals surface area contributed by atoms with Crippen LogP contribution in [-0.2, 0) is 6.54 Å². The van der Waals surface area contributed by atoms with E-state index < -0.39 is 0 Å². The highest BCUT2D eigenvalue weighted by Gasteiger charge is 2.29. The molecule has 3 N–H and O–H groups in total. The zero-order valence-electron chi connectivity index (χ0n) is 11.2. The summed E-state index contributed by atoms with van der Waals surface area (Å²) in [6.45, 7) is 9.28. The molecule has 2 rings (SSSR count). The van der Waals surface area contributed by atoms with Crippen LogP contribution in [0.5, 0.6) is 0 Å². The SMILES string of the molecule is Cc1cc(CN2CCC(C)(C)C2)oc1C(=O)NN. The highest BCUT2D eigenvalue weighted by Crippen LogP contribution is 2.30. The third-order valence-electron chi connectivity index (χ3n) is 3.44. The molecule has 100 valence electrons. The van der Waals surface area contributed by atoms with Crippen LogP contribution >= 0.6 is 0 Å². The van der Waals surface area contributed by atoms with Gasteiger partial charge in [-0.15, -0.1) is 0 Å². The maximum Gasteiger partial charge on any atom is 0.301 e. The van der Waals surface area contributed by atoms with Gasteiger partial charge in [0.2, 0.25) is 0 Å². The Morgan fingerprint density at radius 1 is 1.61 bits per heavy atom. The van der Waals surface area contributed by atoms with Crippen molar-refractivity contribution in [2.24, 2.45) is 11.3 Å². The lowest BCUT2D eigenvalue weighted by Crippen LogP contribution is -2.30. The van der Waals surface area contributed by atoms with Gasteiger partial charge in [0.1, 0.15) is 5.76 Å². The fourth-order valence-electron chi connectivity index (χ4n) is 2.50. The number of rotatable bonds is 3. The zero-order valence-corrected chi connectivity index (χ0v) is 11.2. The molecule has 0 radical (unpaired) electrons. The molecule has 0 aliphatic carbocycles. The summed E-state index contributed by atoms with van der Waals surface area (Å²) in [5.74, 6) is 5.87. The van der Waals surface area contributed by atoms with Gasteiger partial charge in [0.25, 0.3) is 0 Å². The highest BCUT2D eigenvalue weighted by atomic mass is 16.4. The number of likely N-dealkylation sites (tertiary alicyclic amines) is 1. The Kier molecular flexibility index (Phi) is 3.45. The number of carbonyl (C=O) groups is 1. The number of nitrogens with one attached hydrogen (secondary N) is 1. The van der Waals surface area contributed by atoms with E-state index in [1.165, 1.54) is 6.42 Å². The third kappa shape index (κ3) is 2.73. The van der Waals surface area contributed by atoms with Crippen molar-refractivity contribution in [3.63, 3.8) is 0 Å². The van der Waals surface area contributed by atoms with Crippen molar-refractivity contribution < 1.29 is 9.21 Å². The summed E-state index contributed by atoms with van der Waals surface area (Å²) >= 11 is 0. The first-order chi connectivity index (χ1) is 8.41. The van der Waals surface area contributed by atoms with Crippen molar-refractivity contribution in [2.75, 3.05) is 13.1 Å². The number of nitrogens with zero attached hydrogens (tertiary/aromatic N) is 1. The molecule has 0 unspecified atom stereocenters. The summed E-state index contributed by atoms with van der Waals surface area (Å²) in [7, 11) is 0. The second kappa shape index (κ2) is 4.74. The molecule has 1 saturated heterocycles. The van der Waals surface area contributed by atoms with Crippen LogP contribution in [-0.4, -0.2) is 23.9 Å². The maximum atomic E-state index is 11.4. The normalized spacial score (nSPS) is 19.1. The fraction of sp³-hybridized carbons (Fsp3) is 0.615. The number of nitrogen functional groups attached to an aromatic ring is 1. The van der Waals surface area contributed by atoms with E-state index in [-0.39, 0.29) is 5.91 Å². The van der Waals surface area contributed by atoms with Crippen LogP contribution in [0.25, 0.3) is 0 Å². The van der Waals surface area contributed by atoms with Crippen LogP contribution in [0.1, 0.15) is 42.1 Å². The molecule has 0 atom stereocenters. The molecule has 1 aromatic heterocycles. The molecule has 2 heterocycles. The predicted octanol–water partition coefficient (Wildman–Crippen LogP) is 1.42. The van der Waals surface area contributed by atoms with Crippen molar-refractivity contribution in [1.82, 2.24) is 10.3 Å². The molecule has 5 heteroatoms. The second-order valence-corrected chi connectivity index (χ2v) is 5.82. The van der Waals surface area contributed by atoms with Crippen LogP contribution in [0.4, 0.5) is 0 Å². The van der Waals surface area contributed by atoms with Crippen LogP contribution in [0, 0.1) is 12.3 Å².